The van der Waals surface area contributed by atoms with E-state index in [9.17, 15) is 0 Å². The highest BCUT2D eigenvalue weighted by Gasteiger charge is 2.25. The van der Waals surface area contributed by atoms with Gasteiger partial charge in [0, 0.05) is 12.1 Å². The monoisotopic (exact) mass is 184 g/mol. The molecule has 1 fully saturated rings. The number of nitrogens with zero attached hydrogens (tertiary/aromatic N) is 1. The molecule has 0 aliphatic carbocycles. The average Bonchev–Trinajstić information content (AvgIpc) is 2.03. The zero-order valence-corrected chi connectivity index (χ0v) is 9.18. The Morgan fingerprint density at radius 1 is 1.38 bits per heavy atom. The summed E-state index contributed by atoms with van der Waals surface area (Å²) in [6.07, 6.45) is 6.48. The lowest BCUT2D eigenvalue weighted by Gasteiger charge is -2.37. The molecule has 78 valence electrons. The Balaban J connectivity index is 2.19. The fourth-order valence-electron chi connectivity index (χ4n) is 2.15. The number of hydrogen-bond donors (Lipinski definition) is 1. The van der Waals surface area contributed by atoms with Crippen LogP contribution in [0.2, 0.25) is 0 Å². The van der Waals surface area contributed by atoms with Crippen molar-refractivity contribution in [3.8, 4) is 0 Å². The van der Waals surface area contributed by atoms with Gasteiger partial charge in [-0.1, -0.05) is 19.8 Å². The van der Waals surface area contributed by atoms with Crippen molar-refractivity contribution in [1.82, 2.24) is 4.90 Å². The van der Waals surface area contributed by atoms with Gasteiger partial charge in [-0.15, -0.1) is 0 Å². The molecular formula is C11H24N2. The Labute approximate surface area is 82.5 Å². The van der Waals surface area contributed by atoms with E-state index in [2.05, 4.69) is 18.7 Å². The van der Waals surface area contributed by atoms with Gasteiger partial charge in [0.15, 0.2) is 0 Å². The van der Waals surface area contributed by atoms with Crippen LogP contribution in [0.15, 0.2) is 0 Å². The molecule has 0 aromatic rings. The largest absolute Gasteiger partial charge is 0.324 e. The predicted octanol–water partition coefficient (Wildman–Crippen LogP) is 1.99. The Hall–Kier alpha value is -0.0800. The smallest absolute Gasteiger partial charge is 0.0255 e. The third kappa shape index (κ3) is 4.10. The van der Waals surface area contributed by atoms with Gasteiger partial charge in [-0.25, -0.2) is 0 Å². The van der Waals surface area contributed by atoms with E-state index < -0.39 is 0 Å². The molecule has 1 aliphatic heterocycles. The number of hydrogen-bond acceptors (Lipinski definition) is 2. The van der Waals surface area contributed by atoms with Crippen molar-refractivity contribution < 1.29 is 0 Å². The van der Waals surface area contributed by atoms with Crippen molar-refractivity contribution in [2.45, 2.75) is 51.5 Å². The van der Waals surface area contributed by atoms with E-state index in [4.69, 9.17) is 5.73 Å². The average molecular weight is 184 g/mol. The molecule has 0 radical (unpaired) electrons. The van der Waals surface area contributed by atoms with E-state index in [-0.39, 0.29) is 5.54 Å². The summed E-state index contributed by atoms with van der Waals surface area (Å²) in [6.45, 7) is 8.04. The highest BCUT2D eigenvalue weighted by atomic mass is 15.2. The first-order chi connectivity index (χ1) is 6.14. The normalized spacial score (nSPS) is 30.7. The highest BCUT2D eigenvalue weighted by molar-refractivity contribution is 4.86. The molecule has 0 aromatic heterocycles. The highest BCUT2D eigenvalue weighted by Crippen LogP contribution is 2.18. The second-order valence-corrected chi connectivity index (χ2v) is 4.74. The van der Waals surface area contributed by atoms with Crippen molar-refractivity contribution in [1.29, 1.82) is 0 Å². The summed E-state index contributed by atoms with van der Waals surface area (Å²) < 4.78 is 0. The summed E-state index contributed by atoms with van der Waals surface area (Å²) in [5, 5.41) is 0. The predicted molar refractivity (Wildman–Crippen MR) is 57.8 cm³/mol. The third-order valence-corrected chi connectivity index (χ3v) is 2.88. The van der Waals surface area contributed by atoms with Gasteiger partial charge >= 0.3 is 0 Å². The topological polar surface area (TPSA) is 29.3 Å². The number of rotatable bonds is 4. The second kappa shape index (κ2) is 4.97. The van der Waals surface area contributed by atoms with Crippen LogP contribution in [0, 0.1) is 0 Å². The van der Waals surface area contributed by atoms with E-state index in [0.717, 1.165) is 6.54 Å². The van der Waals surface area contributed by atoms with Gasteiger partial charge in [0.1, 0.15) is 0 Å². The van der Waals surface area contributed by atoms with E-state index >= 15 is 0 Å². The van der Waals surface area contributed by atoms with Crippen LogP contribution in [0.1, 0.15) is 46.0 Å². The van der Waals surface area contributed by atoms with E-state index in [1.165, 1.54) is 45.2 Å². The zero-order chi connectivity index (χ0) is 9.73. The van der Waals surface area contributed by atoms with Crippen LogP contribution in [-0.4, -0.2) is 30.1 Å². The Morgan fingerprint density at radius 3 is 2.77 bits per heavy atom. The minimum atomic E-state index is 0.0739. The lowest BCUT2D eigenvalue weighted by Crippen LogP contribution is -2.52. The SMILES string of the molecule is CCCCCN1CCCC(C)(N)C1. The number of nitrogens with two attached hydrogens (primary N) is 1. The molecule has 0 bridgehead atoms. The van der Waals surface area contributed by atoms with Gasteiger partial charge in [0.25, 0.3) is 0 Å². The van der Waals surface area contributed by atoms with Crippen LogP contribution in [0.4, 0.5) is 0 Å². The molecule has 0 spiro atoms. The minimum Gasteiger partial charge on any atom is -0.324 e. The van der Waals surface area contributed by atoms with Gasteiger partial charge in [-0.2, -0.15) is 0 Å². The second-order valence-electron chi connectivity index (χ2n) is 4.74. The van der Waals surface area contributed by atoms with Crippen molar-refractivity contribution >= 4 is 0 Å². The summed E-state index contributed by atoms with van der Waals surface area (Å²) in [5.74, 6) is 0. The van der Waals surface area contributed by atoms with Crippen LogP contribution in [-0.2, 0) is 0 Å². The molecule has 13 heavy (non-hydrogen) atoms. The van der Waals surface area contributed by atoms with Crippen LogP contribution in [0.5, 0.6) is 0 Å². The van der Waals surface area contributed by atoms with Crippen LogP contribution in [0.25, 0.3) is 0 Å². The van der Waals surface area contributed by atoms with E-state index in [0.29, 0.717) is 0 Å². The van der Waals surface area contributed by atoms with Gasteiger partial charge in [-0.05, 0) is 39.3 Å². The molecular weight excluding hydrogens is 160 g/mol. The number of piperidine rings is 1. The van der Waals surface area contributed by atoms with Crippen molar-refractivity contribution in [3.63, 3.8) is 0 Å². The Bertz CT molecular complexity index is 143. The van der Waals surface area contributed by atoms with Crippen LogP contribution >= 0.6 is 0 Å². The number of likely N-dealkylation sites (tertiary alicyclic amines) is 1. The molecule has 1 rings (SSSR count). The lowest BCUT2D eigenvalue weighted by atomic mass is 9.92. The molecule has 2 nitrogen and oxygen atoms in total. The molecule has 2 N–H and O–H groups in total. The quantitative estimate of drug-likeness (QED) is 0.677. The Kier molecular flexibility index (Phi) is 4.20. The maximum absolute atomic E-state index is 6.13. The number of unbranched alkanes of at least 4 members (excludes halogenated alkanes) is 2. The van der Waals surface area contributed by atoms with Gasteiger partial charge in [0.05, 0.1) is 0 Å². The van der Waals surface area contributed by atoms with Crippen molar-refractivity contribution in [2.24, 2.45) is 5.73 Å². The standard InChI is InChI=1S/C11H24N2/c1-3-4-5-8-13-9-6-7-11(2,12)10-13/h3-10,12H2,1-2H3. The van der Waals surface area contributed by atoms with Crippen LogP contribution in [0.3, 0.4) is 0 Å². The molecule has 0 saturated carbocycles. The van der Waals surface area contributed by atoms with Gasteiger partial charge in [-0.3, -0.25) is 0 Å². The summed E-state index contributed by atoms with van der Waals surface area (Å²) in [6, 6.07) is 0. The molecule has 2 heteroatoms. The minimum absolute atomic E-state index is 0.0739. The molecule has 1 aliphatic rings. The first-order valence-electron chi connectivity index (χ1n) is 5.65. The molecule has 1 atom stereocenters. The lowest BCUT2D eigenvalue weighted by molar-refractivity contribution is 0.158. The van der Waals surface area contributed by atoms with Gasteiger partial charge in [0.2, 0.25) is 0 Å². The fraction of sp³-hybridized carbons (Fsp3) is 1.00. The molecule has 1 heterocycles. The third-order valence-electron chi connectivity index (χ3n) is 2.88. The molecule has 0 aromatic carbocycles. The van der Waals surface area contributed by atoms with E-state index in [1.807, 2.05) is 0 Å². The summed E-state index contributed by atoms with van der Waals surface area (Å²) in [5.41, 5.74) is 6.20. The Morgan fingerprint density at radius 2 is 2.15 bits per heavy atom. The molecule has 1 saturated heterocycles. The summed E-state index contributed by atoms with van der Waals surface area (Å²) >= 11 is 0. The van der Waals surface area contributed by atoms with Crippen molar-refractivity contribution in [3.05, 3.63) is 0 Å². The zero-order valence-electron chi connectivity index (χ0n) is 9.18. The maximum Gasteiger partial charge on any atom is 0.0255 e. The molecule has 1 unspecified atom stereocenters. The first-order valence-corrected chi connectivity index (χ1v) is 5.65. The summed E-state index contributed by atoms with van der Waals surface area (Å²) in [4.78, 5) is 2.53. The maximum atomic E-state index is 6.13. The van der Waals surface area contributed by atoms with E-state index in [1.54, 1.807) is 0 Å². The van der Waals surface area contributed by atoms with Gasteiger partial charge < -0.3 is 10.6 Å². The van der Waals surface area contributed by atoms with Crippen LogP contribution < -0.4 is 5.73 Å². The first kappa shape index (κ1) is 11.0. The van der Waals surface area contributed by atoms with Crippen molar-refractivity contribution in [2.75, 3.05) is 19.6 Å². The fourth-order valence-corrected chi connectivity index (χ4v) is 2.15. The summed E-state index contributed by atoms with van der Waals surface area (Å²) in [7, 11) is 0. The molecule has 0 amide bonds.